The van der Waals surface area contributed by atoms with Gasteiger partial charge in [-0.15, -0.1) is 0 Å². The van der Waals surface area contributed by atoms with Gasteiger partial charge in [-0.3, -0.25) is 19.3 Å². The molecule has 3 amide bonds. The van der Waals surface area contributed by atoms with Crippen molar-refractivity contribution in [2.24, 2.45) is 0 Å². The number of benzene rings is 1. The molecular formula is C19H23N3O5. The lowest BCUT2D eigenvalue weighted by atomic mass is 10.0. The van der Waals surface area contributed by atoms with Crippen molar-refractivity contribution in [3.63, 3.8) is 0 Å². The standard InChI is InChI=1S/C19H23N3O5/c1-13(23)20-14-2-4-15(5-3-14)22-17(24)12-16(18(22)25)21-8-6-19(7-9-21)26-10-11-27-19/h2-5,16H,6-12H2,1H3,(H,20,23). The second-order valence-electron chi connectivity index (χ2n) is 7.16. The summed E-state index contributed by atoms with van der Waals surface area (Å²) < 4.78 is 11.5. The summed E-state index contributed by atoms with van der Waals surface area (Å²) in [5, 5.41) is 2.67. The fourth-order valence-electron chi connectivity index (χ4n) is 4.03. The lowest BCUT2D eigenvalue weighted by Crippen LogP contribution is -2.51. The van der Waals surface area contributed by atoms with Crippen molar-refractivity contribution in [3.8, 4) is 0 Å². The highest BCUT2D eigenvalue weighted by Gasteiger charge is 2.47. The van der Waals surface area contributed by atoms with Crippen LogP contribution in [-0.4, -0.2) is 60.8 Å². The van der Waals surface area contributed by atoms with Crippen LogP contribution < -0.4 is 10.2 Å². The van der Waals surface area contributed by atoms with Gasteiger partial charge in [0, 0.05) is 38.5 Å². The van der Waals surface area contributed by atoms with E-state index >= 15 is 0 Å². The number of ether oxygens (including phenoxy) is 2. The van der Waals surface area contributed by atoms with Gasteiger partial charge in [-0.05, 0) is 24.3 Å². The van der Waals surface area contributed by atoms with Crippen molar-refractivity contribution in [1.82, 2.24) is 4.90 Å². The zero-order valence-electron chi connectivity index (χ0n) is 15.3. The van der Waals surface area contributed by atoms with E-state index in [2.05, 4.69) is 10.2 Å². The molecule has 0 radical (unpaired) electrons. The van der Waals surface area contributed by atoms with Gasteiger partial charge in [0.1, 0.15) is 0 Å². The molecule has 1 aromatic carbocycles. The smallest absolute Gasteiger partial charge is 0.251 e. The van der Waals surface area contributed by atoms with Crippen LogP contribution >= 0.6 is 0 Å². The van der Waals surface area contributed by atoms with Crippen molar-refractivity contribution in [2.75, 3.05) is 36.5 Å². The largest absolute Gasteiger partial charge is 0.347 e. The lowest BCUT2D eigenvalue weighted by molar-refractivity contribution is -0.188. The number of nitrogens with zero attached hydrogens (tertiary/aromatic N) is 2. The first kappa shape index (κ1) is 18.1. The quantitative estimate of drug-likeness (QED) is 0.799. The fourth-order valence-corrected chi connectivity index (χ4v) is 4.03. The molecule has 1 atom stereocenters. The highest BCUT2D eigenvalue weighted by Crippen LogP contribution is 2.34. The monoisotopic (exact) mass is 373 g/mol. The predicted octanol–water partition coefficient (Wildman–Crippen LogP) is 1.12. The highest BCUT2D eigenvalue weighted by atomic mass is 16.7. The number of hydrogen-bond acceptors (Lipinski definition) is 6. The second-order valence-corrected chi connectivity index (χ2v) is 7.16. The van der Waals surface area contributed by atoms with Gasteiger partial charge in [-0.1, -0.05) is 0 Å². The molecule has 3 aliphatic heterocycles. The topological polar surface area (TPSA) is 88.2 Å². The second kappa shape index (κ2) is 7.03. The molecule has 3 heterocycles. The average Bonchev–Trinajstić information content (AvgIpc) is 3.21. The Balaban J connectivity index is 1.43. The van der Waals surface area contributed by atoms with Crippen molar-refractivity contribution < 1.29 is 23.9 Å². The van der Waals surface area contributed by atoms with Crippen molar-refractivity contribution >= 4 is 29.1 Å². The van der Waals surface area contributed by atoms with Gasteiger partial charge >= 0.3 is 0 Å². The number of piperidine rings is 1. The first-order valence-electron chi connectivity index (χ1n) is 9.24. The molecule has 1 unspecified atom stereocenters. The van der Waals surface area contributed by atoms with E-state index in [9.17, 15) is 14.4 Å². The molecule has 1 N–H and O–H groups in total. The Labute approximate surface area is 157 Å². The number of hydrogen-bond donors (Lipinski definition) is 1. The van der Waals surface area contributed by atoms with Crippen molar-refractivity contribution in [1.29, 1.82) is 0 Å². The SMILES string of the molecule is CC(=O)Nc1ccc(N2C(=O)CC(N3CCC4(CC3)OCCO4)C2=O)cc1. The van der Waals surface area contributed by atoms with Gasteiger partial charge in [0.15, 0.2) is 5.79 Å². The Morgan fingerprint density at radius 2 is 1.74 bits per heavy atom. The third-order valence-electron chi connectivity index (χ3n) is 5.38. The van der Waals surface area contributed by atoms with Gasteiger partial charge in [-0.25, -0.2) is 4.90 Å². The Morgan fingerprint density at radius 3 is 2.33 bits per heavy atom. The van der Waals surface area contributed by atoms with Crippen LogP contribution in [-0.2, 0) is 23.9 Å². The van der Waals surface area contributed by atoms with Gasteiger partial charge < -0.3 is 14.8 Å². The molecule has 4 rings (SSSR count). The van der Waals surface area contributed by atoms with Crippen LogP contribution in [0.15, 0.2) is 24.3 Å². The minimum atomic E-state index is -0.499. The molecule has 0 aromatic heterocycles. The summed E-state index contributed by atoms with van der Waals surface area (Å²) in [4.78, 5) is 39.9. The zero-order chi connectivity index (χ0) is 19.0. The number of imide groups is 1. The normalized spacial score (nSPS) is 25.4. The van der Waals surface area contributed by atoms with Gasteiger partial charge in [0.25, 0.3) is 5.91 Å². The number of carbonyl (C=O) groups excluding carboxylic acids is 3. The Kier molecular flexibility index (Phi) is 4.71. The maximum Gasteiger partial charge on any atom is 0.251 e. The third kappa shape index (κ3) is 3.47. The van der Waals surface area contributed by atoms with E-state index in [-0.39, 0.29) is 24.1 Å². The molecule has 8 nitrogen and oxygen atoms in total. The molecule has 1 spiro atoms. The molecule has 0 saturated carbocycles. The first-order valence-corrected chi connectivity index (χ1v) is 9.24. The van der Waals surface area contributed by atoms with E-state index in [1.54, 1.807) is 24.3 Å². The number of anilines is 2. The molecule has 3 fully saturated rings. The van der Waals surface area contributed by atoms with E-state index in [0.717, 1.165) is 0 Å². The molecule has 27 heavy (non-hydrogen) atoms. The minimum absolute atomic E-state index is 0.172. The van der Waals surface area contributed by atoms with E-state index in [1.165, 1.54) is 11.8 Å². The van der Waals surface area contributed by atoms with Gasteiger partial charge in [0.05, 0.1) is 31.4 Å². The lowest BCUT2D eigenvalue weighted by Gasteiger charge is -2.39. The van der Waals surface area contributed by atoms with Crippen LogP contribution in [0.4, 0.5) is 11.4 Å². The first-order chi connectivity index (χ1) is 13.0. The Bertz CT molecular complexity index is 747. The Hall–Kier alpha value is -2.29. The van der Waals surface area contributed by atoms with Crippen LogP contribution in [0.25, 0.3) is 0 Å². The molecule has 3 saturated heterocycles. The summed E-state index contributed by atoms with van der Waals surface area (Å²) in [6.07, 6.45) is 1.59. The number of likely N-dealkylation sites (tertiary alicyclic amines) is 1. The molecular weight excluding hydrogens is 350 g/mol. The van der Waals surface area contributed by atoms with E-state index < -0.39 is 11.8 Å². The van der Waals surface area contributed by atoms with Crippen molar-refractivity contribution in [3.05, 3.63) is 24.3 Å². The minimum Gasteiger partial charge on any atom is -0.347 e. The number of amides is 3. The molecule has 0 aliphatic carbocycles. The Morgan fingerprint density at radius 1 is 1.11 bits per heavy atom. The third-order valence-corrected chi connectivity index (χ3v) is 5.38. The summed E-state index contributed by atoms with van der Waals surface area (Å²) in [6, 6.07) is 6.28. The van der Waals surface area contributed by atoms with Crippen LogP contribution in [0.5, 0.6) is 0 Å². The maximum atomic E-state index is 12.9. The van der Waals surface area contributed by atoms with Gasteiger partial charge in [-0.2, -0.15) is 0 Å². The number of carbonyl (C=O) groups is 3. The maximum absolute atomic E-state index is 12.9. The predicted molar refractivity (Wildman–Crippen MR) is 97.1 cm³/mol. The molecule has 0 bridgehead atoms. The van der Waals surface area contributed by atoms with Crippen LogP contribution in [0, 0.1) is 0 Å². The summed E-state index contributed by atoms with van der Waals surface area (Å²) in [5.41, 5.74) is 1.15. The van der Waals surface area contributed by atoms with Gasteiger partial charge in [0.2, 0.25) is 11.8 Å². The fraction of sp³-hybridized carbons (Fsp3) is 0.526. The summed E-state index contributed by atoms with van der Waals surface area (Å²) in [7, 11) is 0. The number of nitrogens with one attached hydrogen (secondary N) is 1. The summed E-state index contributed by atoms with van der Waals surface area (Å²) >= 11 is 0. The molecule has 3 aliphatic rings. The average molecular weight is 373 g/mol. The summed E-state index contributed by atoms with van der Waals surface area (Å²) in [6.45, 7) is 3.99. The van der Waals surface area contributed by atoms with Crippen LogP contribution in [0.2, 0.25) is 0 Å². The summed E-state index contributed by atoms with van der Waals surface area (Å²) in [5.74, 6) is -1.07. The molecule has 8 heteroatoms. The van der Waals surface area contributed by atoms with Crippen LogP contribution in [0.3, 0.4) is 0 Å². The van der Waals surface area contributed by atoms with E-state index in [4.69, 9.17) is 9.47 Å². The zero-order valence-corrected chi connectivity index (χ0v) is 15.3. The van der Waals surface area contributed by atoms with Crippen molar-refractivity contribution in [2.45, 2.75) is 38.0 Å². The molecule has 1 aromatic rings. The molecule has 144 valence electrons. The van der Waals surface area contributed by atoms with E-state index in [1.807, 2.05) is 0 Å². The van der Waals surface area contributed by atoms with E-state index in [0.29, 0.717) is 50.5 Å². The highest BCUT2D eigenvalue weighted by molar-refractivity contribution is 6.22. The number of rotatable bonds is 3. The van der Waals surface area contributed by atoms with Crippen LogP contribution in [0.1, 0.15) is 26.2 Å².